The molecule has 2 fully saturated rings. The fourth-order valence-electron chi connectivity index (χ4n) is 4.31. The zero-order chi connectivity index (χ0) is 17.2. The number of aromatic nitrogens is 2. The molecular formula is C20H25N3O2. The summed E-state index contributed by atoms with van der Waals surface area (Å²) in [5.41, 5.74) is 2.77. The minimum atomic E-state index is -0.704. The molecule has 1 atom stereocenters. The summed E-state index contributed by atoms with van der Waals surface area (Å²) in [6.45, 7) is 0.555. The second kappa shape index (κ2) is 7.08. The van der Waals surface area contributed by atoms with Crippen molar-refractivity contribution in [2.75, 3.05) is 0 Å². The van der Waals surface area contributed by atoms with Gasteiger partial charge in [-0.1, -0.05) is 44.6 Å². The first-order valence-electron chi connectivity index (χ1n) is 9.38. The zero-order valence-electron chi connectivity index (χ0n) is 14.4. The van der Waals surface area contributed by atoms with Crippen molar-refractivity contribution in [1.29, 1.82) is 0 Å². The minimum absolute atomic E-state index is 0.278. The first-order chi connectivity index (χ1) is 12.2. The highest BCUT2D eigenvalue weighted by Crippen LogP contribution is 2.46. The first kappa shape index (κ1) is 16.5. The third-order valence-electron chi connectivity index (χ3n) is 6.10. The number of benzene rings is 1. The summed E-state index contributed by atoms with van der Waals surface area (Å²) < 4.78 is 0. The number of carboxylic acid groups (broad SMARTS) is 1. The molecule has 25 heavy (non-hydrogen) atoms. The van der Waals surface area contributed by atoms with Crippen LogP contribution in [0.4, 0.5) is 0 Å². The maximum Gasteiger partial charge on any atom is 0.321 e. The van der Waals surface area contributed by atoms with Gasteiger partial charge in [-0.05, 0) is 35.4 Å². The van der Waals surface area contributed by atoms with E-state index in [0.29, 0.717) is 18.4 Å². The Labute approximate surface area is 147 Å². The van der Waals surface area contributed by atoms with Crippen LogP contribution in [-0.2, 0) is 11.3 Å². The fourth-order valence-corrected chi connectivity index (χ4v) is 4.31. The van der Waals surface area contributed by atoms with Crippen LogP contribution in [0.15, 0.2) is 30.6 Å². The molecule has 2 aromatic rings. The summed E-state index contributed by atoms with van der Waals surface area (Å²) in [5, 5.41) is 13.2. The molecular weight excluding hydrogens is 314 g/mol. The van der Waals surface area contributed by atoms with Gasteiger partial charge in [0.25, 0.3) is 0 Å². The van der Waals surface area contributed by atoms with Gasteiger partial charge in [0, 0.05) is 18.9 Å². The molecule has 1 aromatic heterocycles. The highest BCUT2D eigenvalue weighted by molar-refractivity contribution is 5.75. The second-order valence-electron chi connectivity index (χ2n) is 7.54. The van der Waals surface area contributed by atoms with Crippen molar-refractivity contribution in [1.82, 2.24) is 15.3 Å². The number of carboxylic acids is 1. The lowest BCUT2D eigenvalue weighted by atomic mass is 9.62. The molecule has 0 radical (unpaired) electrons. The van der Waals surface area contributed by atoms with Crippen molar-refractivity contribution < 1.29 is 9.90 Å². The number of carbonyl (C=O) groups is 1. The van der Waals surface area contributed by atoms with E-state index in [2.05, 4.69) is 15.3 Å². The molecule has 0 spiro atoms. The maximum absolute atomic E-state index is 12.0. The Balaban J connectivity index is 1.49. The van der Waals surface area contributed by atoms with E-state index in [1.54, 1.807) is 12.4 Å². The van der Waals surface area contributed by atoms with E-state index in [1.165, 1.54) is 38.5 Å². The molecule has 4 rings (SSSR count). The normalized spacial score (nSPS) is 19.6. The van der Waals surface area contributed by atoms with E-state index in [4.69, 9.17) is 0 Å². The number of hydrogen-bond donors (Lipinski definition) is 2. The molecule has 2 aliphatic carbocycles. The highest BCUT2D eigenvalue weighted by atomic mass is 16.4. The Morgan fingerprint density at radius 3 is 2.28 bits per heavy atom. The van der Waals surface area contributed by atoms with Crippen LogP contribution in [0.5, 0.6) is 0 Å². The van der Waals surface area contributed by atoms with Gasteiger partial charge in [-0.15, -0.1) is 0 Å². The Kier molecular flexibility index (Phi) is 4.66. The van der Waals surface area contributed by atoms with E-state index in [-0.39, 0.29) is 5.92 Å². The van der Waals surface area contributed by atoms with Crippen molar-refractivity contribution in [3.05, 3.63) is 36.2 Å². The van der Waals surface area contributed by atoms with Gasteiger partial charge in [-0.2, -0.15) is 0 Å². The van der Waals surface area contributed by atoms with Crippen LogP contribution in [-0.4, -0.2) is 27.1 Å². The molecule has 0 aliphatic heterocycles. The molecule has 132 valence electrons. The van der Waals surface area contributed by atoms with Crippen LogP contribution < -0.4 is 5.32 Å². The van der Waals surface area contributed by atoms with Crippen LogP contribution in [0, 0.1) is 17.8 Å². The van der Waals surface area contributed by atoms with Gasteiger partial charge < -0.3 is 10.4 Å². The van der Waals surface area contributed by atoms with E-state index >= 15 is 0 Å². The van der Waals surface area contributed by atoms with Gasteiger partial charge in [-0.25, -0.2) is 0 Å². The standard InChI is InChI=1S/C20H25N3O2/c24-20(25)19(18(14-3-1-4-14)15-5-2-6-15)23-12-13-7-8-16-17(11-13)22-10-9-21-16/h7-11,14-15,18-19,23H,1-6,12H2,(H,24,25). The largest absolute Gasteiger partial charge is 0.480 e. The Morgan fingerprint density at radius 1 is 1.08 bits per heavy atom. The van der Waals surface area contributed by atoms with E-state index < -0.39 is 12.0 Å². The van der Waals surface area contributed by atoms with Gasteiger partial charge in [0.15, 0.2) is 0 Å². The van der Waals surface area contributed by atoms with Gasteiger partial charge in [0.1, 0.15) is 6.04 Å². The topological polar surface area (TPSA) is 75.1 Å². The van der Waals surface area contributed by atoms with E-state index in [9.17, 15) is 9.90 Å². The van der Waals surface area contributed by atoms with E-state index in [0.717, 1.165) is 16.6 Å². The number of fused-ring (bicyclic) bond motifs is 1. The molecule has 0 saturated heterocycles. The van der Waals surface area contributed by atoms with Crippen molar-refractivity contribution in [2.24, 2.45) is 17.8 Å². The van der Waals surface area contributed by atoms with Crippen LogP contribution in [0.25, 0.3) is 11.0 Å². The number of nitrogens with one attached hydrogen (secondary N) is 1. The smallest absolute Gasteiger partial charge is 0.321 e. The van der Waals surface area contributed by atoms with Gasteiger partial charge in [0.2, 0.25) is 0 Å². The second-order valence-corrected chi connectivity index (χ2v) is 7.54. The lowest BCUT2D eigenvalue weighted by Crippen LogP contribution is -2.50. The Hall–Kier alpha value is -2.01. The Bertz CT molecular complexity index is 741. The molecule has 1 aromatic carbocycles. The fraction of sp³-hybridized carbons (Fsp3) is 0.550. The average molecular weight is 339 g/mol. The zero-order valence-corrected chi connectivity index (χ0v) is 14.4. The third-order valence-corrected chi connectivity index (χ3v) is 6.10. The van der Waals surface area contributed by atoms with Crippen molar-refractivity contribution in [2.45, 2.75) is 51.1 Å². The van der Waals surface area contributed by atoms with Crippen molar-refractivity contribution in [3.8, 4) is 0 Å². The molecule has 1 unspecified atom stereocenters. The van der Waals surface area contributed by atoms with Crippen LogP contribution in [0.3, 0.4) is 0 Å². The predicted molar refractivity (Wildman–Crippen MR) is 96.0 cm³/mol. The maximum atomic E-state index is 12.0. The lowest BCUT2D eigenvalue weighted by molar-refractivity contribution is -0.143. The summed E-state index contributed by atoms with van der Waals surface area (Å²) in [5.74, 6) is 0.743. The molecule has 5 nitrogen and oxygen atoms in total. The van der Waals surface area contributed by atoms with Gasteiger partial charge >= 0.3 is 5.97 Å². The van der Waals surface area contributed by atoms with Crippen LogP contribution in [0.1, 0.15) is 44.1 Å². The number of rotatable bonds is 7. The van der Waals surface area contributed by atoms with Gasteiger partial charge in [-0.3, -0.25) is 14.8 Å². The van der Waals surface area contributed by atoms with Gasteiger partial charge in [0.05, 0.1) is 11.0 Å². The minimum Gasteiger partial charge on any atom is -0.480 e. The first-order valence-corrected chi connectivity index (χ1v) is 9.38. The summed E-state index contributed by atoms with van der Waals surface area (Å²) >= 11 is 0. The number of hydrogen-bond acceptors (Lipinski definition) is 4. The number of nitrogens with zero attached hydrogens (tertiary/aromatic N) is 2. The number of aliphatic carboxylic acids is 1. The molecule has 2 aliphatic rings. The molecule has 2 N–H and O–H groups in total. The molecule has 5 heteroatoms. The van der Waals surface area contributed by atoms with Crippen LogP contribution >= 0.6 is 0 Å². The van der Waals surface area contributed by atoms with Crippen LogP contribution in [0.2, 0.25) is 0 Å². The summed E-state index contributed by atoms with van der Waals surface area (Å²) in [4.78, 5) is 20.6. The monoisotopic (exact) mass is 339 g/mol. The summed E-state index contributed by atoms with van der Waals surface area (Å²) in [6.07, 6.45) is 10.6. The lowest BCUT2D eigenvalue weighted by Gasteiger charge is -2.45. The van der Waals surface area contributed by atoms with Crippen molar-refractivity contribution in [3.63, 3.8) is 0 Å². The highest BCUT2D eigenvalue weighted by Gasteiger charge is 2.43. The predicted octanol–water partition coefficient (Wildman–Crippen LogP) is 3.39. The van der Waals surface area contributed by atoms with Crippen molar-refractivity contribution >= 4 is 17.0 Å². The quantitative estimate of drug-likeness (QED) is 0.809. The average Bonchev–Trinajstić information content (AvgIpc) is 2.51. The SMILES string of the molecule is O=C(O)C(NCc1ccc2nccnc2c1)C(C1CCC1)C1CCC1. The molecule has 0 bridgehead atoms. The molecule has 1 heterocycles. The summed E-state index contributed by atoms with van der Waals surface area (Å²) in [6, 6.07) is 5.50. The Morgan fingerprint density at radius 2 is 1.72 bits per heavy atom. The van der Waals surface area contributed by atoms with E-state index in [1.807, 2.05) is 18.2 Å². The third kappa shape index (κ3) is 3.38. The molecule has 2 saturated carbocycles. The summed E-state index contributed by atoms with van der Waals surface area (Å²) in [7, 11) is 0. The molecule has 0 amide bonds.